The van der Waals surface area contributed by atoms with E-state index in [1.165, 1.54) is 22.3 Å². The minimum atomic E-state index is -0.0959. The fourth-order valence-corrected chi connectivity index (χ4v) is 8.49. The summed E-state index contributed by atoms with van der Waals surface area (Å²) in [5.41, 5.74) is 14.0. The van der Waals surface area contributed by atoms with E-state index >= 15 is 0 Å². The lowest BCUT2D eigenvalue weighted by molar-refractivity contribution is 0.754. The summed E-state index contributed by atoms with van der Waals surface area (Å²) in [6, 6.07) is 76.3. The van der Waals surface area contributed by atoms with Gasteiger partial charge < -0.3 is 0 Å². The van der Waals surface area contributed by atoms with Crippen molar-refractivity contribution in [3.05, 3.63) is 235 Å². The van der Waals surface area contributed by atoms with Gasteiger partial charge in [-0.3, -0.25) is 9.39 Å². The molecule has 0 amide bonds. The number of aromatic nitrogens is 3. The molecule has 1 aliphatic rings. The molecule has 0 fully saturated rings. The van der Waals surface area contributed by atoms with Crippen LogP contribution < -0.4 is 0 Å². The Bertz CT molecular complexity index is 3210. The number of hydrogen-bond acceptors (Lipinski definition) is 4. The van der Waals surface area contributed by atoms with Crippen LogP contribution >= 0.6 is 0 Å². The van der Waals surface area contributed by atoms with Crippen molar-refractivity contribution >= 4 is 28.0 Å². The van der Waals surface area contributed by atoms with Crippen LogP contribution in [0.5, 0.6) is 0 Å². The Morgan fingerprint density at radius 2 is 0.836 bits per heavy atom. The predicted molar refractivity (Wildman–Crippen MR) is 251 cm³/mol. The molecule has 61 heavy (non-hydrogen) atoms. The molecule has 5 nitrogen and oxygen atoms in total. The second-order valence-corrected chi connectivity index (χ2v) is 15.4. The Labute approximate surface area is 354 Å². The van der Waals surface area contributed by atoms with Gasteiger partial charge in [-0.2, -0.15) is 0 Å². The highest BCUT2D eigenvalue weighted by Gasteiger charge is 2.24. The molecule has 10 aromatic rings. The van der Waals surface area contributed by atoms with E-state index in [0.29, 0.717) is 18.1 Å². The molecule has 11 rings (SSSR count). The number of benzene rings is 8. The molecule has 288 valence electrons. The van der Waals surface area contributed by atoms with Crippen LogP contribution in [-0.4, -0.2) is 25.9 Å². The molecule has 1 unspecified atom stereocenters. The molecule has 0 bridgehead atoms. The number of fused-ring (bicyclic) bond motifs is 3. The van der Waals surface area contributed by atoms with E-state index in [2.05, 4.69) is 211 Å². The molecule has 5 heteroatoms. The van der Waals surface area contributed by atoms with E-state index in [-0.39, 0.29) is 6.04 Å². The molecule has 0 saturated carbocycles. The lowest BCUT2D eigenvalue weighted by Gasteiger charge is -2.22. The molecular formula is C56H39N5. The molecule has 0 aliphatic carbocycles. The number of nitrogens with zero attached hydrogens (tertiary/aromatic N) is 5. The van der Waals surface area contributed by atoms with Crippen molar-refractivity contribution in [3.8, 4) is 56.3 Å². The van der Waals surface area contributed by atoms with Gasteiger partial charge >= 0.3 is 0 Å². The predicted octanol–water partition coefficient (Wildman–Crippen LogP) is 13.6. The third-order valence-electron chi connectivity index (χ3n) is 11.6. The van der Waals surface area contributed by atoms with Crippen LogP contribution in [0.3, 0.4) is 0 Å². The van der Waals surface area contributed by atoms with E-state index in [9.17, 15) is 0 Å². The van der Waals surface area contributed by atoms with Crippen molar-refractivity contribution in [2.45, 2.75) is 12.5 Å². The number of aliphatic imine (C=N–C) groups is 2. The van der Waals surface area contributed by atoms with Crippen LogP contribution in [0.4, 0.5) is 0 Å². The average Bonchev–Trinajstić information content (AvgIpc) is 3.69. The van der Waals surface area contributed by atoms with Crippen LogP contribution in [0.15, 0.2) is 228 Å². The first-order chi connectivity index (χ1) is 30.2. The third kappa shape index (κ3) is 6.92. The molecule has 8 aromatic carbocycles. The van der Waals surface area contributed by atoms with Crippen LogP contribution in [0.2, 0.25) is 0 Å². The molecule has 1 atom stereocenters. The summed E-state index contributed by atoms with van der Waals surface area (Å²) in [5, 5.41) is 2.22. The standard InChI is InChI=1S/C56H39N5/c1-5-15-38(16-6-1)40-25-29-42(30-26-40)50-37-51(43-31-27-41(28-32-43)39-17-7-2-8-18-39)58-53(57-50)45-33-35-46(36-34-45)54-59-55(47-21-11-4-12-22-47)61-52(44-19-9-3-10-20-44)48-23-13-14-24-49(48)56(61)60-54/h1-36,50H,37H2. The van der Waals surface area contributed by atoms with Crippen molar-refractivity contribution in [2.24, 2.45) is 9.98 Å². The monoisotopic (exact) mass is 781 g/mol. The zero-order valence-corrected chi connectivity index (χ0v) is 33.3. The highest BCUT2D eigenvalue weighted by molar-refractivity contribution is 6.14. The van der Waals surface area contributed by atoms with Crippen molar-refractivity contribution in [3.63, 3.8) is 0 Å². The van der Waals surface area contributed by atoms with Crippen LogP contribution in [0, 0.1) is 0 Å². The van der Waals surface area contributed by atoms with E-state index in [1.54, 1.807) is 0 Å². The molecule has 0 saturated heterocycles. The number of rotatable bonds is 8. The quantitative estimate of drug-likeness (QED) is 0.154. The third-order valence-corrected chi connectivity index (χ3v) is 11.6. The Balaban J connectivity index is 0.999. The van der Waals surface area contributed by atoms with Crippen LogP contribution in [-0.2, 0) is 0 Å². The fraction of sp³-hybridized carbons (Fsp3) is 0.0357. The summed E-state index contributed by atoms with van der Waals surface area (Å²) < 4.78 is 2.22. The molecule has 1 aliphatic heterocycles. The Kier molecular flexibility index (Phi) is 9.24. The minimum Gasteiger partial charge on any atom is -0.277 e. The molecular weight excluding hydrogens is 743 g/mol. The summed E-state index contributed by atoms with van der Waals surface area (Å²) in [7, 11) is 0. The first-order valence-electron chi connectivity index (χ1n) is 20.7. The van der Waals surface area contributed by atoms with E-state index < -0.39 is 0 Å². The van der Waals surface area contributed by atoms with Crippen LogP contribution in [0.25, 0.3) is 72.7 Å². The van der Waals surface area contributed by atoms with Crippen molar-refractivity contribution in [1.82, 2.24) is 14.4 Å². The summed E-state index contributed by atoms with van der Waals surface area (Å²) in [4.78, 5) is 21.2. The summed E-state index contributed by atoms with van der Waals surface area (Å²) in [6.45, 7) is 0. The van der Waals surface area contributed by atoms with Crippen molar-refractivity contribution in [2.75, 3.05) is 0 Å². The van der Waals surface area contributed by atoms with Gasteiger partial charge in [0.1, 0.15) is 11.5 Å². The van der Waals surface area contributed by atoms with Gasteiger partial charge in [0.05, 0.1) is 17.4 Å². The highest BCUT2D eigenvalue weighted by Crippen LogP contribution is 2.38. The van der Waals surface area contributed by atoms with Crippen molar-refractivity contribution < 1.29 is 0 Å². The Hall–Kier alpha value is -8.02. The lowest BCUT2D eigenvalue weighted by Crippen LogP contribution is -2.17. The van der Waals surface area contributed by atoms with Gasteiger partial charge in [0.25, 0.3) is 0 Å². The first kappa shape index (κ1) is 36.1. The maximum Gasteiger partial charge on any atom is 0.163 e. The summed E-state index contributed by atoms with van der Waals surface area (Å²) in [5.74, 6) is 2.21. The maximum atomic E-state index is 5.32. The van der Waals surface area contributed by atoms with Gasteiger partial charge in [0.15, 0.2) is 11.7 Å². The van der Waals surface area contributed by atoms with Gasteiger partial charge in [0, 0.05) is 33.9 Å². The van der Waals surface area contributed by atoms with Gasteiger partial charge in [-0.25, -0.2) is 15.0 Å². The maximum absolute atomic E-state index is 5.32. The SMILES string of the molecule is c1ccc(-c2ccc(C3=NC(c4ccc(-c5nc(-c6ccccc6)n6c(-c7ccccc7)c7ccccc7c6n5)cc4)=NC(c4ccc(-c5ccccc5)cc4)C3)cc2)cc1. The second kappa shape index (κ2) is 15.6. The topological polar surface area (TPSA) is 54.9 Å². The second-order valence-electron chi connectivity index (χ2n) is 15.4. The molecule has 0 spiro atoms. The number of hydrogen-bond donors (Lipinski definition) is 0. The fourth-order valence-electron chi connectivity index (χ4n) is 8.49. The van der Waals surface area contributed by atoms with Gasteiger partial charge in [0.2, 0.25) is 0 Å². The van der Waals surface area contributed by atoms with Gasteiger partial charge in [-0.15, -0.1) is 0 Å². The Morgan fingerprint density at radius 1 is 0.377 bits per heavy atom. The molecule has 0 N–H and O–H groups in total. The molecule has 2 aromatic heterocycles. The number of amidine groups is 1. The zero-order chi connectivity index (χ0) is 40.5. The smallest absolute Gasteiger partial charge is 0.163 e. The summed E-state index contributed by atoms with van der Waals surface area (Å²) in [6.07, 6.45) is 0.698. The molecule has 3 heterocycles. The highest BCUT2D eigenvalue weighted by atomic mass is 15.1. The van der Waals surface area contributed by atoms with E-state index in [0.717, 1.165) is 67.0 Å². The van der Waals surface area contributed by atoms with Crippen molar-refractivity contribution in [1.29, 1.82) is 0 Å². The zero-order valence-electron chi connectivity index (χ0n) is 33.3. The van der Waals surface area contributed by atoms with E-state index in [4.69, 9.17) is 20.0 Å². The largest absolute Gasteiger partial charge is 0.277 e. The Morgan fingerprint density at radius 3 is 1.44 bits per heavy atom. The minimum absolute atomic E-state index is 0.0959. The first-order valence-corrected chi connectivity index (χ1v) is 20.7. The summed E-state index contributed by atoms with van der Waals surface area (Å²) >= 11 is 0. The van der Waals surface area contributed by atoms with Gasteiger partial charge in [-0.1, -0.05) is 218 Å². The normalized spacial score (nSPS) is 13.9. The van der Waals surface area contributed by atoms with E-state index in [1.807, 2.05) is 12.1 Å². The average molecular weight is 782 g/mol. The lowest BCUT2D eigenvalue weighted by atomic mass is 9.93. The molecule has 0 radical (unpaired) electrons. The van der Waals surface area contributed by atoms with Crippen LogP contribution in [0.1, 0.15) is 29.2 Å². The van der Waals surface area contributed by atoms with Gasteiger partial charge in [-0.05, 0) is 38.9 Å².